The van der Waals surface area contributed by atoms with Crippen molar-refractivity contribution in [2.45, 2.75) is 6.92 Å². The highest BCUT2D eigenvalue weighted by Gasteiger charge is 2.03. The van der Waals surface area contributed by atoms with E-state index in [2.05, 4.69) is 12.2 Å². The average Bonchev–Trinajstić information content (AvgIpc) is 2.17. The number of methoxy groups -OCH3 is 1. The first-order valence-corrected chi connectivity index (χ1v) is 4.71. The quantitative estimate of drug-likeness (QED) is 0.783. The summed E-state index contributed by atoms with van der Waals surface area (Å²) in [5.74, 6) is 0.164. The van der Waals surface area contributed by atoms with E-state index in [0.717, 1.165) is 6.54 Å². The first kappa shape index (κ1) is 11.0. The number of rotatable bonds is 5. The van der Waals surface area contributed by atoms with Crippen LogP contribution in [0.2, 0.25) is 0 Å². The smallest absolute Gasteiger partial charge is 0.146 e. The summed E-state index contributed by atoms with van der Waals surface area (Å²) in [5.41, 5.74) is 0.551. The fourth-order valence-electron chi connectivity index (χ4n) is 1.23. The SMILES string of the molecule is COCC(C)CNc1ccccc1F. The van der Waals surface area contributed by atoms with Gasteiger partial charge in [-0.2, -0.15) is 0 Å². The number of hydrogen-bond donors (Lipinski definition) is 1. The molecule has 1 atom stereocenters. The van der Waals surface area contributed by atoms with Gasteiger partial charge in [0.2, 0.25) is 0 Å². The first-order chi connectivity index (χ1) is 6.74. The van der Waals surface area contributed by atoms with Gasteiger partial charge in [-0.25, -0.2) is 4.39 Å². The lowest BCUT2D eigenvalue weighted by Gasteiger charge is -2.12. The normalized spacial score (nSPS) is 12.5. The van der Waals surface area contributed by atoms with Crippen LogP contribution in [-0.4, -0.2) is 20.3 Å². The first-order valence-electron chi connectivity index (χ1n) is 4.71. The summed E-state index contributed by atoms with van der Waals surface area (Å²) in [6, 6.07) is 6.67. The van der Waals surface area contributed by atoms with E-state index in [1.54, 1.807) is 19.2 Å². The maximum Gasteiger partial charge on any atom is 0.146 e. The van der Waals surface area contributed by atoms with Gasteiger partial charge in [-0.05, 0) is 18.1 Å². The molecule has 0 amide bonds. The van der Waals surface area contributed by atoms with Crippen LogP contribution in [0, 0.1) is 11.7 Å². The Morgan fingerprint density at radius 1 is 1.43 bits per heavy atom. The second-order valence-electron chi connectivity index (χ2n) is 3.42. The molecular weight excluding hydrogens is 181 g/mol. The molecule has 0 fully saturated rings. The Morgan fingerprint density at radius 2 is 2.14 bits per heavy atom. The summed E-state index contributed by atoms with van der Waals surface area (Å²) in [5, 5.41) is 3.04. The monoisotopic (exact) mass is 197 g/mol. The Morgan fingerprint density at radius 3 is 2.79 bits per heavy atom. The average molecular weight is 197 g/mol. The molecule has 0 radical (unpaired) electrons. The van der Waals surface area contributed by atoms with Crippen LogP contribution >= 0.6 is 0 Å². The molecule has 1 aromatic rings. The highest BCUT2D eigenvalue weighted by atomic mass is 19.1. The highest BCUT2D eigenvalue weighted by molar-refractivity contribution is 5.44. The Kier molecular flexibility index (Phi) is 4.40. The molecule has 0 saturated carbocycles. The molecule has 2 nitrogen and oxygen atoms in total. The van der Waals surface area contributed by atoms with E-state index < -0.39 is 0 Å². The molecular formula is C11H16FNO. The van der Waals surface area contributed by atoms with E-state index in [0.29, 0.717) is 18.2 Å². The van der Waals surface area contributed by atoms with Crippen LogP contribution in [0.15, 0.2) is 24.3 Å². The standard InChI is InChI=1S/C11H16FNO/c1-9(8-14-2)7-13-11-6-4-3-5-10(11)12/h3-6,9,13H,7-8H2,1-2H3. The summed E-state index contributed by atoms with van der Waals surface area (Å²) >= 11 is 0. The molecule has 0 bridgehead atoms. The zero-order valence-electron chi connectivity index (χ0n) is 8.59. The van der Waals surface area contributed by atoms with Crippen molar-refractivity contribution in [3.8, 4) is 0 Å². The van der Waals surface area contributed by atoms with Gasteiger partial charge in [0.25, 0.3) is 0 Å². The van der Waals surface area contributed by atoms with Crippen molar-refractivity contribution in [1.82, 2.24) is 0 Å². The van der Waals surface area contributed by atoms with Crippen LogP contribution in [-0.2, 0) is 4.74 Å². The lowest BCUT2D eigenvalue weighted by Crippen LogP contribution is -2.16. The summed E-state index contributed by atoms with van der Waals surface area (Å²) < 4.78 is 18.1. The van der Waals surface area contributed by atoms with Crippen LogP contribution in [0.5, 0.6) is 0 Å². The Balaban J connectivity index is 2.41. The lowest BCUT2D eigenvalue weighted by molar-refractivity contribution is 0.164. The molecule has 0 aliphatic heterocycles. The molecule has 0 heterocycles. The summed E-state index contributed by atoms with van der Waals surface area (Å²) in [7, 11) is 1.67. The van der Waals surface area contributed by atoms with Crippen LogP contribution in [0.4, 0.5) is 10.1 Å². The van der Waals surface area contributed by atoms with Crippen molar-refractivity contribution in [3.05, 3.63) is 30.1 Å². The summed E-state index contributed by atoms with van der Waals surface area (Å²) in [6.45, 7) is 3.45. The minimum absolute atomic E-state index is 0.211. The molecule has 1 rings (SSSR count). The van der Waals surface area contributed by atoms with Crippen molar-refractivity contribution >= 4 is 5.69 Å². The van der Waals surface area contributed by atoms with Gasteiger partial charge in [0.05, 0.1) is 12.3 Å². The minimum atomic E-state index is -0.211. The third-order valence-corrected chi connectivity index (χ3v) is 1.97. The van der Waals surface area contributed by atoms with E-state index in [1.165, 1.54) is 6.07 Å². The number of halogens is 1. The van der Waals surface area contributed by atoms with Gasteiger partial charge >= 0.3 is 0 Å². The molecule has 0 aliphatic rings. The van der Waals surface area contributed by atoms with E-state index in [4.69, 9.17) is 4.74 Å². The fraction of sp³-hybridized carbons (Fsp3) is 0.455. The van der Waals surface area contributed by atoms with Crippen LogP contribution in [0.1, 0.15) is 6.92 Å². The number of anilines is 1. The zero-order chi connectivity index (χ0) is 10.4. The zero-order valence-corrected chi connectivity index (χ0v) is 8.59. The molecule has 1 aromatic carbocycles. The van der Waals surface area contributed by atoms with Crippen LogP contribution in [0.25, 0.3) is 0 Å². The largest absolute Gasteiger partial charge is 0.384 e. The van der Waals surface area contributed by atoms with Gasteiger partial charge in [0.15, 0.2) is 0 Å². The molecule has 0 spiro atoms. The van der Waals surface area contributed by atoms with Crippen molar-refractivity contribution in [3.63, 3.8) is 0 Å². The summed E-state index contributed by atoms with van der Waals surface area (Å²) in [6.07, 6.45) is 0. The van der Waals surface area contributed by atoms with Crippen molar-refractivity contribution in [2.75, 3.05) is 25.6 Å². The topological polar surface area (TPSA) is 21.3 Å². The van der Waals surface area contributed by atoms with Crippen LogP contribution in [0.3, 0.4) is 0 Å². The van der Waals surface area contributed by atoms with Crippen molar-refractivity contribution < 1.29 is 9.13 Å². The molecule has 1 unspecified atom stereocenters. The Hall–Kier alpha value is -1.09. The lowest BCUT2D eigenvalue weighted by atomic mass is 10.2. The molecule has 1 N–H and O–H groups in total. The minimum Gasteiger partial charge on any atom is -0.384 e. The number of para-hydroxylation sites is 1. The number of hydrogen-bond acceptors (Lipinski definition) is 2. The van der Waals surface area contributed by atoms with Gasteiger partial charge in [0, 0.05) is 13.7 Å². The number of benzene rings is 1. The van der Waals surface area contributed by atoms with Gasteiger partial charge in [-0.1, -0.05) is 19.1 Å². The van der Waals surface area contributed by atoms with E-state index in [-0.39, 0.29) is 5.82 Å². The second kappa shape index (κ2) is 5.60. The van der Waals surface area contributed by atoms with Crippen molar-refractivity contribution in [1.29, 1.82) is 0 Å². The highest BCUT2D eigenvalue weighted by Crippen LogP contribution is 2.12. The molecule has 3 heteroatoms. The predicted molar refractivity (Wildman–Crippen MR) is 55.9 cm³/mol. The van der Waals surface area contributed by atoms with Gasteiger partial charge in [-0.15, -0.1) is 0 Å². The third kappa shape index (κ3) is 3.34. The Bertz CT molecular complexity index is 278. The predicted octanol–water partition coefficient (Wildman–Crippen LogP) is 2.52. The van der Waals surface area contributed by atoms with E-state index >= 15 is 0 Å². The molecule has 0 aromatic heterocycles. The third-order valence-electron chi connectivity index (χ3n) is 1.97. The number of nitrogens with one attached hydrogen (secondary N) is 1. The molecule has 0 saturated heterocycles. The van der Waals surface area contributed by atoms with Crippen molar-refractivity contribution in [2.24, 2.45) is 5.92 Å². The molecule has 0 aliphatic carbocycles. The second-order valence-corrected chi connectivity index (χ2v) is 3.42. The Labute approximate surface area is 84.1 Å². The van der Waals surface area contributed by atoms with E-state index in [1.807, 2.05) is 6.07 Å². The maximum absolute atomic E-state index is 13.1. The molecule has 14 heavy (non-hydrogen) atoms. The van der Waals surface area contributed by atoms with E-state index in [9.17, 15) is 4.39 Å². The molecule has 78 valence electrons. The summed E-state index contributed by atoms with van der Waals surface area (Å²) in [4.78, 5) is 0. The van der Waals surface area contributed by atoms with Gasteiger partial charge in [0.1, 0.15) is 5.82 Å². The van der Waals surface area contributed by atoms with Crippen LogP contribution < -0.4 is 5.32 Å². The maximum atomic E-state index is 13.1. The van der Waals surface area contributed by atoms with Gasteiger partial charge < -0.3 is 10.1 Å². The number of ether oxygens (including phenoxy) is 1. The van der Waals surface area contributed by atoms with Gasteiger partial charge in [-0.3, -0.25) is 0 Å². The fourth-order valence-corrected chi connectivity index (χ4v) is 1.23.